The molecule has 1 saturated carbocycles. The minimum Gasteiger partial charge on any atom is -0.309 e. The van der Waals surface area contributed by atoms with Gasteiger partial charge >= 0.3 is 0 Å². The number of hydrogen-bond acceptors (Lipinski definition) is 2. The zero-order chi connectivity index (χ0) is 13.0. The average Bonchev–Trinajstić information content (AvgIpc) is 2.39. The van der Waals surface area contributed by atoms with Gasteiger partial charge in [-0.05, 0) is 43.4 Å². The van der Waals surface area contributed by atoms with Crippen LogP contribution in [0.3, 0.4) is 0 Å². The summed E-state index contributed by atoms with van der Waals surface area (Å²) in [4.78, 5) is 4.25. The van der Waals surface area contributed by atoms with Crippen molar-refractivity contribution >= 4 is 0 Å². The van der Waals surface area contributed by atoms with Crippen molar-refractivity contribution in [3.8, 4) is 0 Å². The summed E-state index contributed by atoms with van der Waals surface area (Å²) in [7, 11) is 0. The molecule has 0 aromatic carbocycles. The van der Waals surface area contributed by atoms with Crippen LogP contribution in [0, 0.1) is 17.7 Å². The first-order chi connectivity index (χ1) is 8.70. The molecule has 1 aromatic rings. The molecule has 0 aliphatic heterocycles. The van der Waals surface area contributed by atoms with Crippen molar-refractivity contribution in [3.63, 3.8) is 0 Å². The van der Waals surface area contributed by atoms with E-state index in [1.165, 1.54) is 37.9 Å². The lowest BCUT2D eigenvalue weighted by Crippen LogP contribution is -2.31. The van der Waals surface area contributed by atoms with Gasteiger partial charge in [-0.25, -0.2) is 4.39 Å². The van der Waals surface area contributed by atoms with Crippen molar-refractivity contribution in [2.45, 2.75) is 45.6 Å². The zero-order valence-corrected chi connectivity index (χ0v) is 11.3. The van der Waals surface area contributed by atoms with Gasteiger partial charge in [0.25, 0.3) is 0 Å². The van der Waals surface area contributed by atoms with Gasteiger partial charge in [-0.3, -0.25) is 4.98 Å². The zero-order valence-electron chi connectivity index (χ0n) is 11.3. The molecular weight excluding hydrogens is 227 g/mol. The number of nitrogens with one attached hydrogen (secondary N) is 1. The third kappa shape index (κ3) is 3.29. The summed E-state index contributed by atoms with van der Waals surface area (Å²) in [5.74, 6) is 1.23. The highest BCUT2D eigenvalue weighted by Crippen LogP contribution is 2.36. The van der Waals surface area contributed by atoms with Crippen LogP contribution in [-0.4, -0.2) is 11.5 Å². The Bertz CT molecular complexity index is 355. The van der Waals surface area contributed by atoms with E-state index in [0.717, 1.165) is 18.2 Å². The summed E-state index contributed by atoms with van der Waals surface area (Å²) in [6.07, 6.45) is 6.42. The molecule has 1 fully saturated rings. The lowest BCUT2D eigenvalue weighted by Gasteiger charge is -2.33. The maximum absolute atomic E-state index is 12.9. The van der Waals surface area contributed by atoms with Gasteiger partial charge in [0.05, 0.1) is 17.9 Å². The second-order valence-electron chi connectivity index (χ2n) is 5.46. The van der Waals surface area contributed by atoms with Crippen molar-refractivity contribution in [1.82, 2.24) is 10.3 Å². The van der Waals surface area contributed by atoms with E-state index in [0.29, 0.717) is 5.92 Å². The molecule has 0 radical (unpaired) electrons. The first-order valence-corrected chi connectivity index (χ1v) is 7.05. The van der Waals surface area contributed by atoms with Gasteiger partial charge in [0, 0.05) is 0 Å². The number of halogens is 1. The molecule has 0 amide bonds. The first kappa shape index (κ1) is 13.5. The average molecular weight is 250 g/mol. The van der Waals surface area contributed by atoms with E-state index in [9.17, 15) is 4.39 Å². The summed E-state index contributed by atoms with van der Waals surface area (Å²) < 4.78 is 12.9. The summed E-state index contributed by atoms with van der Waals surface area (Å²) in [5.41, 5.74) is 0.984. The van der Waals surface area contributed by atoms with Gasteiger partial charge in [-0.2, -0.15) is 0 Å². The third-order valence-electron chi connectivity index (χ3n) is 4.02. The van der Waals surface area contributed by atoms with E-state index in [-0.39, 0.29) is 11.9 Å². The molecular formula is C15H23FN2. The summed E-state index contributed by atoms with van der Waals surface area (Å²) in [6, 6.07) is 3.61. The molecule has 1 heterocycles. The third-order valence-corrected chi connectivity index (χ3v) is 4.02. The summed E-state index contributed by atoms with van der Waals surface area (Å²) in [6.45, 7) is 5.37. The highest BCUT2D eigenvalue weighted by molar-refractivity contribution is 5.11. The van der Waals surface area contributed by atoms with Gasteiger partial charge in [-0.15, -0.1) is 0 Å². The van der Waals surface area contributed by atoms with Gasteiger partial charge in [-0.1, -0.05) is 26.7 Å². The Labute approximate surface area is 109 Å². The molecule has 2 rings (SSSR count). The van der Waals surface area contributed by atoms with Crippen LogP contribution in [0.5, 0.6) is 0 Å². The Hall–Kier alpha value is -0.960. The summed E-state index contributed by atoms with van der Waals surface area (Å²) in [5, 5.41) is 3.52. The molecule has 1 atom stereocenters. The topological polar surface area (TPSA) is 24.9 Å². The van der Waals surface area contributed by atoms with Crippen LogP contribution in [0.1, 0.15) is 51.3 Å². The molecule has 1 N–H and O–H groups in total. The van der Waals surface area contributed by atoms with E-state index in [2.05, 4.69) is 24.1 Å². The van der Waals surface area contributed by atoms with E-state index in [1.807, 2.05) is 6.07 Å². The molecule has 0 saturated heterocycles. The Balaban J connectivity index is 2.09. The first-order valence-electron chi connectivity index (χ1n) is 7.05. The Morgan fingerprint density at radius 3 is 2.61 bits per heavy atom. The van der Waals surface area contributed by atoms with Gasteiger partial charge in [0.1, 0.15) is 5.82 Å². The van der Waals surface area contributed by atoms with Crippen LogP contribution >= 0.6 is 0 Å². The molecule has 0 bridgehead atoms. The van der Waals surface area contributed by atoms with Crippen molar-refractivity contribution in [2.24, 2.45) is 11.8 Å². The maximum atomic E-state index is 12.9. The second kappa shape index (κ2) is 6.28. The largest absolute Gasteiger partial charge is 0.309 e. The van der Waals surface area contributed by atoms with Crippen LogP contribution in [0.4, 0.5) is 4.39 Å². The van der Waals surface area contributed by atoms with Crippen molar-refractivity contribution in [3.05, 3.63) is 29.8 Å². The van der Waals surface area contributed by atoms with E-state index in [1.54, 1.807) is 0 Å². The van der Waals surface area contributed by atoms with Crippen LogP contribution in [0.2, 0.25) is 0 Å². The van der Waals surface area contributed by atoms with Crippen molar-refractivity contribution in [2.75, 3.05) is 6.54 Å². The van der Waals surface area contributed by atoms with Gasteiger partial charge < -0.3 is 5.32 Å². The molecule has 18 heavy (non-hydrogen) atoms. The lowest BCUT2D eigenvalue weighted by molar-refractivity contribution is 0.230. The lowest BCUT2D eigenvalue weighted by atomic mass is 9.78. The molecule has 1 aliphatic carbocycles. The fourth-order valence-corrected chi connectivity index (χ4v) is 2.92. The minimum absolute atomic E-state index is 0.258. The van der Waals surface area contributed by atoms with Crippen LogP contribution in [0.25, 0.3) is 0 Å². The molecule has 1 unspecified atom stereocenters. The number of pyridine rings is 1. The second-order valence-corrected chi connectivity index (χ2v) is 5.46. The highest BCUT2D eigenvalue weighted by atomic mass is 19.1. The van der Waals surface area contributed by atoms with Gasteiger partial charge in [0.2, 0.25) is 0 Å². The monoisotopic (exact) mass is 250 g/mol. The van der Waals surface area contributed by atoms with Crippen LogP contribution < -0.4 is 5.32 Å². The SMILES string of the molecule is CCNC(c1ccc(F)cn1)C1CCC(C)CC1. The number of nitrogens with zero attached hydrogens (tertiary/aromatic N) is 1. The van der Waals surface area contributed by atoms with E-state index < -0.39 is 0 Å². The Morgan fingerprint density at radius 1 is 1.33 bits per heavy atom. The van der Waals surface area contributed by atoms with Crippen LogP contribution in [-0.2, 0) is 0 Å². The number of rotatable bonds is 4. The molecule has 0 spiro atoms. The predicted molar refractivity (Wildman–Crippen MR) is 71.7 cm³/mol. The van der Waals surface area contributed by atoms with E-state index >= 15 is 0 Å². The molecule has 1 aromatic heterocycles. The summed E-state index contributed by atoms with van der Waals surface area (Å²) >= 11 is 0. The van der Waals surface area contributed by atoms with E-state index in [4.69, 9.17) is 0 Å². The maximum Gasteiger partial charge on any atom is 0.141 e. The molecule has 3 heteroatoms. The fourth-order valence-electron chi connectivity index (χ4n) is 2.92. The van der Waals surface area contributed by atoms with Crippen LogP contribution in [0.15, 0.2) is 18.3 Å². The highest BCUT2D eigenvalue weighted by Gasteiger charge is 2.27. The van der Waals surface area contributed by atoms with Gasteiger partial charge in [0.15, 0.2) is 0 Å². The predicted octanol–water partition coefficient (Wildman–Crippen LogP) is 3.70. The van der Waals surface area contributed by atoms with Crippen molar-refractivity contribution < 1.29 is 4.39 Å². The standard InChI is InChI=1S/C15H23FN2/c1-3-17-15(12-6-4-11(2)5-7-12)14-9-8-13(16)10-18-14/h8-12,15,17H,3-7H2,1-2H3. The smallest absolute Gasteiger partial charge is 0.141 e. The number of hydrogen-bond donors (Lipinski definition) is 1. The molecule has 2 nitrogen and oxygen atoms in total. The quantitative estimate of drug-likeness (QED) is 0.881. The minimum atomic E-state index is -0.258. The Morgan fingerprint density at radius 2 is 2.06 bits per heavy atom. The Kier molecular flexibility index (Phi) is 4.70. The molecule has 1 aliphatic rings. The van der Waals surface area contributed by atoms with Crippen molar-refractivity contribution in [1.29, 1.82) is 0 Å². The number of aromatic nitrogens is 1. The normalized spacial score (nSPS) is 25.9. The fraction of sp³-hybridized carbons (Fsp3) is 0.667. The molecule has 100 valence electrons.